The smallest absolute Gasteiger partial charge is 0.257 e. The van der Waals surface area contributed by atoms with E-state index >= 15 is 4.39 Å². The number of aromatic nitrogens is 3. The Morgan fingerprint density at radius 2 is 1.83 bits per heavy atom. The molecule has 8 nitrogen and oxygen atoms in total. The van der Waals surface area contributed by atoms with Crippen molar-refractivity contribution in [1.82, 2.24) is 25.2 Å². The minimum Gasteiger partial charge on any atom is -0.480 e. The highest BCUT2D eigenvalue weighted by Crippen LogP contribution is 2.46. The summed E-state index contributed by atoms with van der Waals surface area (Å²) in [4.78, 5) is 31.1. The van der Waals surface area contributed by atoms with Gasteiger partial charge >= 0.3 is 0 Å². The van der Waals surface area contributed by atoms with Gasteiger partial charge in [0.1, 0.15) is 22.6 Å². The molecule has 1 aromatic carbocycles. The number of methoxy groups -OCH3 is 1. The van der Waals surface area contributed by atoms with Crippen molar-refractivity contribution >= 4 is 17.3 Å². The van der Waals surface area contributed by atoms with Crippen LogP contribution in [0.15, 0.2) is 66.9 Å². The summed E-state index contributed by atoms with van der Waals surface area (Å²) in [5.41, 5.74) is 1.41. The van der Waals surface area contributed by atoms with Crippen LogP contribution in [0.25, 0.3) is 27.9 Å². The van der Waals surface area contributed by atoms with E-state index in [-0.39, 0.29) is 51.1 Å². The second-order valence-electron chi connectivity index (χ2n) is 10.6. The molecule has 2 aliphatic rings. The third kappa shape index (κ3) is 4.62. The summed E-state index contributed by atoms with van der Waals surface area (Å²) in [7, 11) is 2.88. The molecule has 1 fully saturated rings. The van der Waals surface area contributed by atoms with Crippen LogP contribution in [0.1, 0.15) is 45.7 Å². The highest BCUT2D eigenvalue weighted by molar-refractivity contribution is 6.07. The number of allylic oxidation sites excluding steroid dienone is 3. The van der Waals surface area contributed by atoms with Gasteiger partial charge in [0.25, 0.3) is 11.8 Å². The average molecular weight is 570 g/mol. The normalized spacial score (nSPS) is 16.8. The van der Waals surface area contributed by atoms with E-state index in [9.17, 15) is 14.0 Å². The maximum Gasteiger partial charge on any atom is 0.257 e. The van der Waals surface area contributed by atoms with Crippen LogP contribution in [-0.4, -0.2) is 46.1 Å². The van der Waals surface area contributed by atoms with E-state index in [0.717, 1.165) is 19.3 Å². The molecule has 0 bridgehead atoms. The van der Waals surface area contributed by atoms with Gasteiger partial charge in [-0.1, -0.05) is 24.3 Å². The predicted molar refractivity (Wildman–Crippen MR) is 154 cm³/mol. The number of nitrogens with zero attached hydrogens (tertiary/aromatic N) is 3. The van der Waals surface area contributed by atoms with Crippen LogP contribution in [0.4, 0.5) is 8.78 Å². The van der Waals surface area contributed by atoms with Gasteiger partial charge in [0.05, 0.1) is 12.7 Å². The molecule has 3 heterocycles. The van der Waals surface area contributed by atoms with Crippen molar-refractivity contribution in [2.45, 2.75) is 31.7 Å². The van der Waals surface area contributed by atoms with Gasteiger partial charge in [-0.05, 0) is 62.6 Å². The Bertz CT molecular complexity index is 1790. The first kappa shape index (κ1) is 27.3. The van der Waals surface area contributed by atoms with Crippen molar-refractivity contribution in [3.8, 4) is 28.3 Å². The molecule has 214 valence electrons. The summed E-state index contributed by atoms with van der Waals surface area (Å²) in [5.74, 6) is -1.73. The standard InChI is InChI=1S/C32H29F2N5O3/c1-18-23(17-24(31(36-18)42-3)29(40)37-32(14-15-32)20-7-5-4-6-8-20)22-13-16-39-28(26(22)34)25(30(41)35-2)27(38-39)19-9-11-21(33)12-10-19/h4-7,9-13,16-17,20H,8,14-15H2,1-3H3,(H,35,41)(H,37,40). The number of rotatable bonds is 7. The molecule has 0 spiro atoms. The molecule has 3 aromatic heterocycles. The van der Waals surface area contributed by atoms with E-state index in [1.165, 1.54) is 49.0 Å². The zero-order valence-corrected chi connectivity index (χ0v) is 23.4. The molecule has 1 atom stereocenters. The van der Waals surface area contributed by atoms with Crippen LogP contribution < -0.4 is 15.4 Å². The predicted octanol–water partition coefficient (Wildman–Crippen LogP) is 5.41. The maximum absolute atomic E-state index is 16.5. The van der Waals surface area contributed by atoms with Crippen LogP contribution in [0.3, 0.4) is 0 Å². The van der Waals surface area contributed by atoms with Crippen molar-refractivity contribution in [3.05, 3.63) is 95.4 Å². The first-order valence-electron chi connectivity index (χ1n) is 13.7. The lowest BCUT2D eigenvalue weighted by atomic mass is 9.90. The van der Waals surface area contributed by atoms with E-state index in [4.69, 9.17) is 4.74 Å². The first-order chi connectivity index (χ1) is 20.3. The number of carbonyl (C=O) groups excluding carboxylic acids is 2. The number of nitrogens with one attached hydrogen (secondary N) is 2. The molecule has 1 saturated carbocycles. The summed E-state index contributed by atoms with van der Waals surface area (Å²) in [6.45, 7) is 1.70. The Hall–Kier alpha value is -4.86. The molecular weight excluding hydrogens is 540 g/mol. The molecule has 1 unspecified atom stereocenters. The van der Waals surface area contributed by atoms with Crippen molar-refractivity contribution in [2.24, 2.45) is 5.92 Å². The van der Waals surface area contributed by atoms with E-state index in [0.29, 0.717) is 16.8 Å². The largest absolute Gasteiger partial charge is 0.480 e. The number of hydrogen-bond acceptors (Lipinski definition) is 5. The van der Waals surface area contributed by atoms with Gasteiger partial charge in [0.2, 0.25) is 5.88 Å². The summed E-state index contributed by atoms with van der Waals surface area (Å²) in [6, 6.07) is 8.57. The lowest BCUT2D eigenvalue weighted by Crippen LogP contribution is -2.42. The maximum atomic E-state index is 16.5. The number of aryl methyl sites for hydroxylation is 1. The van der Waals surface area contributed by atoms with Gasteiger partial charge in [0, 0.05) is 47.1 Å². The molecule has 4 aromatic rings. The van der Waals surface area contributed by atoms with E-state index in [1.807, 2.05) is 12.2 Å². The zero-order chi connectivity index (χ0) is 29.6. The molecule has 6 rings (SSSR count). The van der Waals surface area contributed by atoms with E-state index < -0.39 is 17.5 Å². The monoisotopic (exact) mass is 569 g/mol. The molecule has 42 heavy (non-hydrogen) atoms. The fraction of sp³-hybridized carbons (Fsp3) is 0.250. The highest BCUT2D eigenvalue weighted by atomic mass is 19.1. The van der Waals surface area contributed by atoms with Crippen LogP contribution in [-0.2, 0) is 0 Å². The van der Waals surface area contributed by atoms with Crippen LogP contribution in [0, 0.1) is 24.5 Å². The fourth-order valence-corrected chi connectivity index (χ4v) is 5.64. The van der Waals surface area contributed by atoms with E-state index in [2.05, 4.69) is 32.9 Å². The first-order valence-corrected chi connectivity index (χ1v) is 13.7. The van der Waals surface area contributed by atoms with Gasteiger partial charge in [-0.15, -0.1) is 0 Å². The lowest BCUT2D eigenvalue weighted by molar-refractivity contribution is 0.0915. The number of benzene rings is 1. The quantitative estimate of drug-likeness (QED) is 0.310. The topological polar surface area (TPSA) is 97.6 Å². The van der Waals surface area contributed by atoms with Gasteiger partial charge in [-0.25, -0.2) is 18.3 Å². The Labute approximate surface area is 241 Å². The number of carbonyl (C=O) groups is 2. The molecule has 0 saturated heterocycles. The van der Waals surface area contributed by atoms with Gasteiger partial charge < -0.3 is 15.4 Å². The number of pyridine rings is 2. The third-order valence-electron chi connectivity index (χ3n) is 8.06. The van der Waals surface area contributed by atoms with Crippen LogP contribution in [0.2, 0.25) is 0 Å². The number of amides is 2. The Morgan fingerprint density at radius 3 is 2.48 bits per heavy atom. The molecule has 0 aliphatic heterocycles. The number of fused-ring (bicyclic) bond motifs is 1. The SMILES string of the molecule is CNC(=O)c1c(-c2ccc(F)cc2)nn2ccc(-c3cc(C(=O)NC4(C5C=CC=CC5)CC4)c(OC)nc3C)c(F)c12. The lowest BCUT2D eigenvalue weighted by Gasteiger charge is -2.26. The van der Waals surface area contributed by atoms with Gasteiger partial charge in [0.15, 0.2) is 5.82 Å². The molecule has 2 N–H and O–H groups in total. The minimum absolute atomic E-state index is 0.00538. The van der Waals surface area contributed by atoms with Crippen molar-refractivity contribution < 1.29 is 23.1 Å². The summed E-state index contributed by atoms with van der Waals surface area (Å²) < 4.78 is 36.8. The minimum atomic E-state index is -0.712. The van der Waals surface area contributed by atoms with Gasteiger partial charge in [-0.2, -0.15) is 5.10 Å². The van der Waals surface area contributed by atoms with Crippen molar-refractivity contribution in [1.29, 1.82) is 0 Å². The van der Waals surface area contributed by atoms with E-state index in [1.54, 1.807) is 19.2 Å². The van der Waals surface area contributed by atoms with Gasteiger partial charge in [-0.3, -0.25) is 9.59 Å². The molecule has 0 radical (unpaired) electrons. The fourth-order valence-electron chi connectivity index (χ4n) is 5.64. The Balaban J connectivity index is 1.45. The highest BCUT2D eigenvalue weighted by Gasteiger charge is 2.49. The number of halogens is 2. The molecular formula is C32H29F2N5O3. The number of ether oxygens (including phenoxy) is 1. The van der Waals surface area contributed by atoms with Crippen LogP contribution >= 0.6 is 0 Å². The van der Waals surface area contributed by atoms with Crippen LogP contribution in [0.5, 0.6) is 5.88 Å². The third-order valence-corrected chi connectivity index (χ3v) is 8.06. The summed E-state index contributed by atoms with van der Waals surface area (Å²) in [5, 5.41) is 10.2. The molecule has 2 aliphatic carbocycles. The van der Waals surface area contributed by atoms with Crippen molar-refractivity contribution in [3.63, 3.8) is 0 Å². The second-order valence-corrected chi connectivity index (χ2v) is 10.6. The van der Waals surface area contributed by atoms with Crippen molar-refractivity contribution in [2.75, 3.05) is 14.2 Å². The second kappa shape index (κ2) is 10.5. The molecule has 10 heteroatoms. The Morgan fingerprint density at radius 1 is 1.07 bits per heavy atom. The summed E-state index contributed by atoms with van der Waals surface area (Å²) >= 11 is 0. The Kier molecular flexibility index (Phi) is 6.84. The zero-order valence-electron chi connectivity index (χ0n) is 23.4. The average Bonchev–Trinajstić information content (AvgIpc) is 3.68. The summed E-state index contributed by atoms with van der Waals surface area (Å²) in [6.07, 6.45) is 12.3. The molecule has 2 amide bonds. The number of hydrogen-bond donors (Lipinski definition) is 2.